The number of hydrogen-bond acceptors (Lipinski definition) is 6. The van der Waals surface area contributed by atoms with Crippen LogP contribution in [0.4, 0.5) is 5.82 Å². The van der Waals surface area contributed by atoms with E-state index in [0.717, 1.165) is 31.6 Å². The number of hydrogen-bond donors (Lipinski definition) is 3. The van der Waals surface area contributed by atoms with Crippen molar-refractivity contribution in [3.05, 3.63) is 18.1 Å². The number of aromatic nitrogens is 2. The number of aliphatic hydroxyl groups excluding tert-OH is 1. The highest BCUT2D eigenvalue weighted by Gasteiger charge is 2.21. The first-order valence-electron chi connectivity index (χ1n) is 6.43. The third kappa shape index (κ3) is 3.11. The highest BCUT2D eigenvalue weighted by atomic mass is 16.4. The zero-order chi connectivity index (χ0) is 13.7. The van der Waals surface area contributed by atoms with Gasteiger partial charge in [0.25, 0.3) is 0 Å². The van der Waals surface area contributed by atoms with Crippen molar-refractivity contribution >= 4 is 11.7 Å². The molecule has 1 saturated heterocycles. The first-order chi connectivity index (χ1) is 9.26. The molecule has 1 aromatic rings. The lowest BCUT2D eigenvalue weighted by molar-refractivity contribution is 0.254. The van der Waals surface area contributed by atoms with E-state index in [1.165, 1.54) is 12.6 Å². The second-order valence-electron chi connectivity index (χ2n) is 4.62. The molecule has 1 aromatic heterocycles. The van der Waals surface area contributed by atoms with Crippen LogP contribution in [-0.4, -0.2) is 45.3 Å². The molecule has 0 amide bonds. The number of aliphatic hydroxyl groups is 1. The van der Waals surface area contributed by atoms with Crippen LogP contribution in [0.1, 0.15) is 31.4 Å². The zero-order valence-electron chi connectivity index (χ0n) is 10.7. The van der Waals surface area contributed by atoms with Crippen LogP contribution in [0.3, 0.4) is 0 Å². The molecule has 1 aliphatic heterocycles. The number of oxime groups is 1. The van der Waals surface area contributed by atoms with Crippen molar-refractivity contribution in [3.8, 4) is 0 Å². The average molecular weight is 265 g/mol. The van der Waals surface area contributed by atoms with Crippen LogP contribution in [0.15, 0.2) is 17.5 Å². The van der Waals surface area contributed by atoms with Crippen molar-refractivity contribution in [1.82, 2.24) is 9.97 Å². The number of nitrogens with two attached hydrogens (primary N) is 1. The van der Waals surface area contributed by atoms with E-state index in [9.17, 15) is 5.11 Å². The van der Waals surface area contributed by atoms with E-state index in [0.29, 0.717) is 5.69 Å². The summed E-state index contributed by atoms with van der Waals surface area (Å²) in [6, 6.07) is 0.0894. The summed E-state index contributed by atoms with van der Waals surface area (Å²) in [4.78, 5) is 10.5. The Labute approximate surface area is 111 Å². The Morgan fingerprint density at radius 3 is 2.84 bits per heavy atom. The fourth-order valence-corrected chi connectivity index (χ4v) is 2.32. The van der Waals surface area contributed by atoms with Crippen molar-refractivity contribution in [2.75, 3.05) is 18.1 Å². The lowest BCUT2D eigenvalue weighted by Crippen LogP contribution is -2.38. The number of amidine groups is 1. The van der Waals surface area contributed by atoms with Crippen LogP contribution in [0, 0.1) is 0 Å². The standard InChI is InChI=1S/C12H19N5O2/c13-12(16-19)10-6-15-11(7-14-10)17-5-3-1-2-4-9(17)8-18/h6-7,9,18-19H,1-5,8H2,(H2,13,16). The second-order valence-corrected chi connectivity index (χ2v) is 4.62. The van der Waals surface area contributed by atoms with Crippen LogP contribution < -0.4 is 10.6 Å². The summed E-state index contributed by atoms with van der Waals surface area (Å²) >= 11 is 0. The Hall–Kier alpha value is -1.89. The quantitative estimate of drug-likeness (QED) is 0.314. The van der Waals surface area contributed by atoms with E-state index in [2.05, 4.69) is 20.0 Å². The van der Waals surface area contributed by atoms with Crippen LogP contribution in [-0.2, 0) is 0 Å². The van der Waals surface area contributed by atoms with Crippen LogP contribution in [0.5, 0.6) is 0 Å². The van der Waals surface area contributed by atoms with E-state index in [1.807, 2.05) is 0 Å². The normalized spacial score (nSPS) is 21.2. The first-order valence-corrected chi connectivity index (χ1v) is 6.43. The van der Waals surface area contributed by atoms with Crippen LogP contribution in [0.2, 0.25) is 0 Å². The first kappa shape index (κ1) is 13.5. The molecule has 0 saturated carbocycles. The van der Waals surface area contributed by atoms with Gasteiger partial charge in [0.05, 0.1) is 25.0 Å². The predicted octanol–water partition coefficient (Wildman–Crippen LogP) is 0.312. The van der Waals surface area contributed by atoms with Gasteiger partial charge in [-0.25, -0.2) is 9.97 Å². The monoisotopic (exact) mass is 265 g/mol. The molecule has 0 bridgehead atoms. The maximum Gasteiger partial charge on any atom is 0.190 e. The summed E-state index contributed by atoms with van der Waals surface area (Å²) < 4.78 is 0. The second kappa shape index (κ2) is 6.33. The number of anilines is 1. The van der Waals surface area contributed by atoms with E-state index < -0.39 is 0 Å². The molecule has 2 rings (SSSR count). The Balaban J connectivity index is 2.19. The van der Waals surface area contributed by atoms with Crippen molar-refractivity contribution in [3.63, 3.8) is 0 Å². The zero-order valence-corrected chi connectivity index (χ0v) is 10.7. The molecule has 0 aliphatic carbocycles. The van der Waals surface area contributed by atoms with Crippen molar-refractivity contribution in [2.45, 2.75) is 31.7 Å². The van der Waals surface area contributed by atoms with Gasteiger partial charge in [-0.2, -0.15) is 0 Å². The Morgan fingerprint density at radius 1 is 1.37 bits per heavy atom. The molecule has 104 valence electrons. The third-order valence-electron chi connectivity index (χ3n) is 3.39. The summed E-state index contributed by atoms with van der Waals surface area (Å²) in [5, 5.41) is 20.9. The molecule has 19 heavy (non-hydrogen) atoms. The molecule has 4 N–H and O–H groups in total. The highest BCUT2D eigenvalue weighted by molar-refractivity contribution is 5.94. The van der Waals surface area contributed by atoms with E-state index in [4.69, 9.17) is 10.9 Å². The molecule has 2 heterocycles. The Bertz CT molecular complexity index is 434. The summed E-state index contributed by atoms with van der Waals surface area (Å²) in [5.74, 6) is 0.657. The van der Waals surface area contributed by atoms with Crippen molar-refractivity contribution in [2.24, 2.45) is 10.9 Å². The maximum absolute atomic E-state index is 9.47. The largest absolute Gasteiger partial charge is 0.409 e. The molecule has 1 aliphatic rings. The highest BCUT2D eigenvalue weighted by Crippen LogP contribution is 2.21. The molecule has 1 fully saturated rings. The van der Waals surface area contributed by atoms with Gasteiger partial charge in [-0.1, -0.05) is 18.0 Å². The van der Waals surface area contributed by atoms with Gasteiger partial charge in [-0.3, -0.25) is 0 Å². The summed E-state index contributed by atoms with van der Waals surface area (Å²) in [5.41, 5.74) is 5.78. The Morgan fingerprint density at radius 2 is 2.21 bits per heavy atom. The maximum atomic E-state index is 9.47. The predicted molar refractivity (Wildman–Crippen MR) is 71.2 cm³/mol. The SMILES string of the molecule is NC(=NO)c1cnc(N2CCCCCC2CO)cn1. The van der Waals surface area contributed by atoms with Gasteiger partial charge >= 0.3 is 0 Å². The van der Waals surface area contributed by atoms with Gasteiger partial charge in [0.1, 0.15) is 11.5 Å². The lowest BCUT2D eigenvalue weighted by atomic mass is 10.1. The molecular formula is C12H19N5O2. The molecule has 7 nitrogen and oxygen atoms in total. The van der Waals surface area contributed by atoms with Gasteiger partial charge in [0.15, 0.2) is 5.84 Å². The summed E-state index contributed by atoms with van der Waals surface area (Å²) in [6.45, 7) is 0.979. The molecule has 0 spiro atoms. The minimum absolute atomic E-state index is 0.0615. The van der Waals surface area contributed by atoms with Gasteiger partial charge in [0.2, 0.25) is 0 Å². The van der Waals surface area contributed by atoms with Gasteiger partial charge in [0, 0.05) is 6.54 Å². The minimum Gasteiger partial charge on any atom is -0.409 e. The smallest absolute Gasteiger partial charge is 0.190 e. The van der Waals surface area contributed by atoms with E-state index in [1.54, 1.807) is 6.20 Å². The van der Waals surface area contributed by atoms with Crippen molar-refractivity contribution < 1.29 is 10.3 Å². The molecule has 0 radical (unpaired) electrons. The number of rotatable bonds is 3. The third-order valence-corrected chi connectivity index (χ3v) is 3.39. The molecular weight excluding hydrogens is 246 g/mol. The average Bonchev–Trinajstić information content (AvgIpc) is 2.71. The molecule has 0 aromatic carbocycles. The van der Waals surface area contributed by atoms with Crippen LogP contribution in [0.25, 0.3) is 0 Å². The van der Waals surface area contributed by atoms with Crippen LogP contribution >= 0.6 is 0 Å². The van der Waals surface area contributed by atoms with Gasteiger partial charge in [-0.05, 0) is 12.8 Å². The fraction of sp³-hybridized carbons (Fsp3) is 0.583. The minimum atomic E-state index is -0.0615. The van der Waals surface area contributed by atoms with E-state index in [-0.39, 0.29) is 18.5 Å². The van der Waals surface area contributed by atoms with Crippen molar-refractivity contribution in [1.29, 1.82) is 0 Å². The molecule has 7 heteroatoms. The molecule has 1 atom stereocenters. The topological polar surface area (TPSA) is 108 Å². The van der Waals surface area contributed by atoms with Gasteiger partial charge in [-0.15, -0.1) is 0 Å². The Kier molecular flexibility index (Phi) is 4.51. The number of nitrogens with zero attached hydrogens (tertiary/aromatic N) is 4. The lowest BCUT2D eigenvalue weighted by Gasteiger charge is -2.29. The molecule has 1 unspecified atom stereocenters. The summed E-state index contributed by atoms with van der Waals surface area (Å²) in [7, 11) is 0. The fourth-order valence-electron chi connectivity index (χ4n) is 2.32. The van der Waals surface area contributed by atoms with Gasteiger partial charge < -0.3 is 20.9 Å². The van der Waals surface area contributed by atoms with E-state index >= 15 is 0 Å². The summed E-state index contributed by atoms with van der Waals surface area (Å²) in [6.07, 6.45) is 7.41.